The Labute approximate surface area is 157 Å². The number of benzene rings is 1. The average molecular weight is 359 g/mol. The molecular weight excluding hydrogens is 338 g/mol. The molecule has 1 aromatic carbocycles. The van der Waals surface area contributed by atoms with Crippen molar-refractivity contribution in [3.05, 3.63) is 59.4 Å². The minimum Gasteiger partial charge on any atom is -0.356 e. The molecule has 27 heavy (non-hydrogen) atoms. The van der Waals surface area contributed by atoms with Gasteiger partial charge in [-0.3, -0.25) is 4.79 Å². The van der Waals surface area contributed by atoms with Gasteiger partial charge in [-0.2, -0.15) is 0 Å². The molecule has 3 aromatic rings. The Bertz CT molecular complexity index is 1020. The van der Waals surface area contributed by atoms with Gasteiger partial charge in [-0.1, -0.05) is 29.8 Å². The Morgan fingerprint density at radius 2 is 1.96 bits per heavy atom. The van der Waals surface area contributed by atoms with Crippen LogP contribution >= 0.6 is 0 Å². The van der Waals surface area contributed by atoms with Gasteiger partial charge in [0.2, 0.25) is 0 Å². The van der Waals surface area contributed by atoms with E-state index in [1.54, 1.807) is 6.20 Å². The quantitative estimate of drug-likeness (QED) is 0.656. The molecule has 2 aromatic heterocycles. The van der Waals surface area contributed by atoms with Crippen LogP contribution in [0.25, 0.3) is 22.8 Å². The van der Waals surface area contributed by atoms with E-state index in [0.717, 1.165) is 47.7 Å². The fourth-order valence-electron chi connectivity index (χ4n) is 4.08. The lowest BCUT2D eigenvalue weighted by Crippen LogP contribution is -2.48. The Morgan fingerprint density at radius 1 is 1.11 bits per heavy atom. The molecule has 0 saturated carbocycles. The van der Waals surface area contributed by atoms with Crippen LogP contribution in [0.1, 0.15) is 28.0 Å². The molecule has 6 heteroatoms. The van der Waals surface area contributed by atoms with Crippen molar-refractivity contribution in [2.75, 3.05) is 19.6 Å². The van der Waals surface area contributed by atoms with Gasteiger partial charge in [0, 0.05) is 36.0 Å². The fraction of sp³-hybridized carbons (Fsp3) is 0.286. The molecular formula is C21H21N5O. The molecule has 1 saturated heterocycles. The minimum atomic E-state index is -0.0473. The number of nitrogens with one attached hydrogen (secondary N) is 3. The number of carbonyl (C=O) groups excluding carboxylic acids is 1. The number of hydrogen-bond acceptors (Lipinski definition) is 4. The van der Waals surface area contributed by atoms with Crippen molar-refractivity contribution in [1.82, 2.24) is 25.6 Å². The first kappa shape index (κ1) is 16.2. The van der Waals surface area contributed by atoms with E-state index in [1.165, 1.54) is 5.56 Å². The van der Waals surface area contributed by atoms with E-state index in [4.69, 9.17) is 4.98 Å². The minimum absolute atomic E-state index is 0.0159. The van der Waals surface area contributed by atoms with Gasteiger partial charge in [0.25, 0.3) is 5.91 Å². The second-order valence-electron chi connectivity index (χ2n) is 7.49. The topological polar surface area (TPSA) is 82.7 Å². The first-order valence-electron chi connectivity index (χ1n) is 9.28. The molecule has 0 aliphatic carbocycles. The molecule has 6 nitrogen and oxygen atoms in total. The van der Waals surface area contributed by atoms with Crippen LogP contribution in [0.4, 0.5) is 0 Å². The van der Waals surface area contributed by atoms with E-state index < -0.39 is 0 Å². The van der Waals surface area contributed by atoms with Crippen molar-refractivity contribution >= 4 is 5.91 Å². The van der Waals surface area contributed by atoms with Crippen molar-refractivity contribution in [3.8, 4) is 22.8 Å². The number of rotatable bonds is 2. The van der Waals surface area contributed by atoms with E-state index in [-0.39, 0.29) is 11.3 Å². The molecule has 1 spiro atoms. The highest BCUT2D eigenvalue weighted by Crippen LogP contribution is 2.37. The highest BCUT2D eigenvalue weighted by atomic mass is 16.1. The number of amides is 1. The molecule has 1 amide bonds. The maximum atomic E-state index is 12.4. The van der Waals surface area contributed by atoms with Crippen molar-refractivity contribution < 1.29 is 4.79 Å². The molecule has 0 radical (unpaired) electrons. The summed E-state index contributed by atoms with van der Waals surface area (Å²) in [5, 5.41) is 6.47. The van der Waals surface area contributed by atoms with Crippen molar-refractivity contribution in [2.45, 2.75) is 18.8 Å². The van der Waals surface area contributed by atoms with Gasteiger partial charge in [-0.05, 0) is 32.0 Å². The average Bonchev–Trinajstić information content (AvgIpc) is 3.35. The lowest BCUT2D eigenvalue weighted by molar-refractivity contribution is 0.0926. The molecule has 2 aliphatic rings. The first-order valence-corrected chi connectivity index (χ1v) is 9.28. The Kier molecular flexibility index (Phi) is 3.62. The summed E-state index contributed by atoms with van der Waals surface area (Å²) in [7, 11) is 0. The molecule has 3 N–H and O–H groups in total. The van der Waals surface area contributed by atoms with Crippen molar-refractivity contribution in [1.29, 1.82) is 0 Å². The zero-order valence-electron chi connectivity index (χ0n) is 15.2. The predicted octanol–water partition coefficient (Wildman–Crippen LogP) is 2.42. The van der Waals surface area contributed by atoms with E-state index in [9.17, 15) is 4.79 Å². The Balaban J connectivity index is 1.57. The maximum absolute atomic E-state index is 12.4. The summed E-state index contributed by atoms with van der Waals surface area (Å²) in [6, 6.07) is 12.0. The van der Waals surface area contributed by atoms with Crippen LogP contribution in [0.3, 0.4) is 0 Å². The number of nitrogens with zero attached hydrogens (tertiary/aromatic N) is 2. The van der Waals surface area contributed by atoms with Crippen LogP contribution in [-0.2, 0) is 5.41 Å². The van der Waals surface area contributed by atoms with Crippen molar-refractivity contribution in [2.24, 2.45) is 0 Å². The molecule has 5 rings (SSSR count). The molecule has 0 bridgehead atoms. The highest BCUT2D eigenvalue weighted by Gasteiger charge is 2.43. The van der Waals surface area contributed by atoms with Gasteiger partial charge < -0.3 is 15.6 Å². The third-order valence-electron chi connectivity index (χ3n) is 5.66. The van der Waals surface area contributed by atoms with Crippen LogP contribution in [-0.4, -0.2) is 40.5 Å². The number of hydrogen-bond donors (Lipinski definition) is 3. The van der Waals surface area contributed by atoms with Crippen molar-refractivity contribution in [3.63, 3.8) is 0 Å². The molecule has 1 fully saturated rings. The van der Waals surface area contributed by atoms with E-state index in [0.29, 0.717) is 12.4 Å². The van der Waals surface area contributed by atoms with Gasteiger partial charge in [-0.15, -0.1) is 0 Å². The number of carbonyl (C=O) groups is 1. The van der Waals surface area contributed by atoms with Gasteiger partial charge in [0.1, 0.15) is 0 Å². The van der Waals surface area contributed by atoms with Gasteiger partial charge >= 0.3 is 0 Å². The van der Waals surface area contributed by atoms with Crippen LogP contribution in [0.5, 0.6) is 0 Å². The first-order chi connectivity index (χ1) is 13.1. The lowest BCUT2D eigenvalue weighted by atomic mass is 9.79. The van der Waals surface area contributed by atoms with Gasteiger partial charge in [-0.25, -0.2) is 9.97 Å². The normalized spacial score (nSPS) is 21.3. The number of H-pyrrole nitrogens is 1. The summed E-state index contributed by atoms with van der Waals surface area (Å²) in [6.07, 6.45) is 2.78. The molecule has 1 atom stereocenters. The molecule has 4 heterocycles. The monoisotopic (exact) mass is 359 g/mol. The third kappa shape index (κ3) is 2.64. The maximum Gasteiger partial charge on any atom is 0.253 e. The van der Waals surface area contributed by atoms with Crippen LogP contribution in [0.15, 0.2) is 42.6 Å². The Hall–Kier alpha value is -2.99. The number of aromatic nitrogens is 3. The predicted molar refractivity (Wildman–Crippen MR) is 103 cm³/mol. The zero-order chi connectivity index (χ0) is 18.4. The summed E-state index contributed by atoms with van der Waals surface area (Å²) in [4.78, 5) is 25.1. The molecule has 1 unspecified atom stereocenters. The second-order valence-corrected chi connectivity index (χ2v) is 7.49. The van der Waals surface area contributed by atoms with E-state index in [1.807, 2.05) is 24.3 Å². The SMILES string of the molecule is Cc1ccc(-c2nccc(-c3cc4c([nH]3)C3(CCNC3)CNC4=O)n2)cc1. The lowest BCUT2D eigenvalue weighted by Gasteiger charge is -2.32. The fourth-order valence-corrected chi connectivity index (χ4v) is 4.08. The highest BCUT2D eigenvalue weighted by molar-refractivity contribution is 5.98. The van der Waals surface area contributed by atoms with E-state index in [2.05, 4.69) is 39.7 Å². The zero-order valence-corrected chi connectivity index (χ0v) is 15.2. The number of aromatic amines is 1. The summed E-state index contributed by atoms with van der Waals surface area (Å²) in [5.74, 6) is 0.666. The largest absolute Gasteiger partial charge is 0.356 e. The van der Waals surface area contributed by atoms with Crippen LogP contribution in [0, 0.1) is 6.92 Å². The molecule has 2 aliphatic heterocycles. The standard InChI is InChI=1S/C21H21N5O/c1-13-2-4-14(5-3-13)19-23-8-6-16(26-19)17-10-15-18(25-17)21(7-9-22-11-21)12-24-20(15)27/h2-6,8,10,22,25H,7,9,11-12H2,1H3,(H,24,27). The summed E-state index contributed by atoms with van der Waals surface area (Å²) in [5.41, 5.74) is 5.55. The van der Waals surface area contributed by atoms with Crippen LogP contribution < -0.4 is 10.6 Å². The second kappa shape index (κ2) is 6.03. The van der Waals surface area contributed by atoms with Gasteiger partial charge in [0.15, 0.2) is 5.82 Å². The smallest absolute Gasteiger partial charge is 0.253 e. The Morgan fingerprint density at radius 3 is 2.74 bits per heavy atom. The number of fused-ring (bicyclic) bond motifs is 2. The van der Waals surface area contributed by atoms with Crippen LogP contribution in [0.2, 0.25) is 0 Å². The third-order valence-corrected chi connectivity index (χ3v) is 5.66. The van der Waals surface area contributed by atoms with Gasteiger partial charge in [0.05, 0.1) is 17.0 Å². The summed E-state index contributed by atoms with van der Waals surface area (Å²) in [6.45, 7) is 4.57. The van der Waals surface area contributed by atoms with E-state index >= 15 is 0 Å². The summed E-state index contributed by atoms with van der Waals surface area (Å²) < 4.78 is 0. The number of aryl methyl sites for hydroxylation is 1. The molecule has 136 valence electrons. The summed E-state index contributed by atoms with van der Waals surface area (Å²) >= 11 is 0.